The molecule has 1 fully saturated rings. The van der Waals surface area contributed by atoms with Crippen molar-refractivity contribution in [2.75, 3.05) is 0 Å². The van der Waals surface area contributed by atoms with Gasteiger partial charge in [0.25, 0.3) is 0 Å². The molecule has 112 valence electrons. The Morgan fingerprint density at radius 2 is 1.95 bits per heavy atom. The molecule has 2 heteroatoms. The second kappa shape index (κ2) is 7.61. The highest BCUT2D eigenvalue weighted by atomic mass is 79.9. The van der Waals surface area contributed by atoms with Crippen LogP contribution in [0.5, 0.6) is 0 Å². The van der Waals surface area contributed by atoms with Crippen LogP contribution >= 0.6 is 15.9 Å². The highest BCUT2D eigenvalue weighted by molar-refractivity contribution is 9.10. The van der Waals surface area contributed by atoms with Gasteiger partial charge in [-0.1, -0.05) is 60.8 Å². The summed E-state index contributed by atoms with van der Waals surface area (Å²) in [6, 6.07) is 9.68. The summed E-state index contributed by atoms with van der Waals surface area (Å²) in [6.07, 6.45) is 6.90. The van der Waals surface area contributed by atoms with Crippen molar-refractivity contribution in [2.45, 2.75) is 65.0 Å². The lowest BCUT2D eigenvalue weighted by Gasteiger charge is -2.33. The molecular weight excluding hydrogens is 310 g/mol. The number of nitrogens with one attached hydrogen (secondary N) is 1. The molecule has 0 aliphatic heterocycles. The lowest BCUT2D eigenvalue weighted by Crippen LogP contribution is -2.36. The first-order valence-corrected chi connectivity index (χ1v) is 8.86. The monoisotopic (exact) mass is 337 g/mol. The van der Waals surface area contributed by atoms with E-state index in [9.17, 15) is 0 Å². The summed E-state index contributed by atoms with van der Waals surface area (Å²) in [5.41, 5.74) is 1.37. The van der Waals surface area contributed by atoms with Crippen LogP contribution < -0.4 is 5.32 Å². The SMILES string of the molecule is CC(C)CC1CCCC(N[C@@H](C)c2ccccc2Br)C1. The van der Waals surface area contributed by atoms with Gasteiger partial charge in [0, 0.05) is 16.6 Å². The highest BCUT2D eigenvalue weighted by Crippen LogP contribution is 2.31. The maximum atomic E-state index is 3.85. The van der Waals surface area contributed by atoms with Crippen molar-refractivity contribution in [2.24, 2.45) is 11.8 Å². The fourth-order valence-corrected chi connectivity index (χ4v) is 4.22. The molecule has 20 heavy (non-hydrogen) atoms. The largest absolute Gasteiger partial charge is 0.307 e. The third kappa shape index (κ3) is 4.60. The van der Waals surface area contributed by atoms with Crippen LogP contribution in [0.3, 0.4) is 0 Å². The second-order valence-electron chi connectivity index (χ2n) is 6.77. The molecule has 1 aromatic rings. The number of halogens is 1. The van der Waals surface area contributed by atoms with Crippen LogP contribution in [0.25, 0.3) is 0 Å². The normalized spacial score (nSPS) is 24.9. The molecule has 3 atom stereocenters. The lowest BCUT2D eigenvalue weighted by atomic mass is 9.81. The van der Waals surface area contributed by atoms with Gasteiger partial charge in [0.1, 0.15) is 0 Å². The quantitative estimate of drug-likeness (QED) is 0.726. The third-order valence-corrected chi connectivity index (χ3v) is 5.17. The minimum Gasteiger partial charge on any atom is -0.307 e. The van der Waals surface area contributed by atoms with Gasteiger partial charge in [-0.25, -0.2) is 0 Å². The van der Waals surface area contributed by atoms with E-state index in [1.165, 1.54) is 42.1 Å². The van der Waals surface area contributed by atoms with Gasteiger partial charge in [-0.3, -0.25) is 0 Å². The molecule has 1 aliphatic carbocycles. The Hall–Kier alpha value is -0.340. The standard InChI is InChI=1S/C18H28BrN/c1-13(2)11-15-7-6-8-16(12-15)20-14(3)17-9-4-5-10-18(17)19/h4-5,9-10,13-16,20H,6-8,11-12H2,1-3H3/t14-,15?,16?/m0/s1. The van der Waals surface area contributed by atoms with Crippen LogP contribution in [-0.4, -0.2) is 6.04 Å². The van der Waals surface area contributed by atoms with E-state index in [2.05, 4.69) is 66.3 Å². The van der Waals surface area contributed by atoms with Crippen molar-refractivity contribution in [1.29, 1.82) is 0 Å². The van der Waals surface area contributed by atoms with Crippen molar-refractivity contribution >= 4 is 15.9 Å². The molecule has 0 heterocycles. The molecule has 0 radical (unpaired) electrons. The summed E-state index contributed by atoms with van der Waals surface area (Å²) >= 11 is 3.67. The summed E-state index contributed by atoms with van der Waals surface area (Å²) < 4.78 is 1.22. The van der Waals surface area contributed by atoms with Crippen molar-refractivity contribution in [3.63, 3.8) is 0 Å². The molecule has 0 saturated heterocycles. The Bertz CT molecular complexity index is 416. The Labute approximate surface area is 132 Å². The van der Waals surface area contributed by atoms with Gasteiger partial charge in [0.15, 0.2) is 0 Å². The highest BCUT2D eigenvalue weighted by Gasteiger charge is 2.24. The first-order chi connectivity index (χ1) is 9.56. The van der Waals surface area contributed by atoms with Crippen LogP contribution in [0.4, 0.5) is 0 Å². The molecule has 1 aliphatic rings. The molecule has 0 amide bonds. The van der Waals surface area contributed by atoms with Gasteiger partial charge in [0.05, 0.1) is 0 Å². The fourth-order valence-electron chi connectivity index (χ4n) is 3.59. The van der Waals surface area contributed by atoms with Gasteiger partial charge in [0.2, 0.25) is 0 Å². The molecule has 1 N–H and O–H groups in total. The Morgan fingerprint density at radius 1 is 1.20 bits per heavy atom. The van der Waals surface area contributed by atoms with Crippen LogP contribution in [-0.2, 0) is 0 Å². The second-order valence-corrected chi connectivity index (χ2v) is 7.62. The molecule has 0 spiro atoms. The lowest BCUT2D eigenvalue weighted by molar-refractivity contribution is 0.242. The van der Waals surface area contributed by atoms with Crippen LogP contribution in [0.15, 0.2) is 28.7 Å². The molecule has 0 aromatic heterocycles. The van der Waals surface area contributed by atoms with Crippen LogP contribution in [0.1, 0.15) is 64.5 Å². The topological polar surface area (TPSA) is 12.0 Å². The van der Waals surface area contributed by atoms with E-state index >= 15 is 0 Å². The summed E-state index contributed by atoms with van der Waals surface area (Å²) in [5.74, 6) is 1.76. The molecule has 0 bridgehead atoms. The van der Waals surface area contributed by atoms with Gasteiger partial charge < -0.3 is 5.32 Å². The zero-order valence-corrected chi connectivity index (χ0v) is 14.6. The van der Waals surface area contributed by atoms with Crippen molar-refractivity contribution < 1.29 is 0 Å². The number of hydrogen-bond acceptors (Lipinski definition) is 1. The van der Waals surface area contributed by atoms with Gasteiger partial charge >= 0.3 is 0 Å². The first-order valence-electron chi connectivity index (χ1n) is 8.06. The first kappa shape index (κ1) is 16.0. The van der Waals surface area contributed by atoms with Crippen LogP contribution in [0.2, 0.25) is 0 Å². The van der Waals surface area contributed by atoms with Crippen LogP contribution in [0, 0.1) is 11.8 Å². The minimum atomic E-state index is 0.424. The minimum absolute atomic E-state index is 0.424. The van der Waals surface area contributed by atoms with E-state index in [0.717, 1.165) is 11.8 Å². The van der Waals surface area contributed by atoms with E-state index in [4.69, 9.17) is 0 Å². The number of benzene rings is 1. The zero-order chi connectivity index (χ0) is 14.5. The van der Waals surface area contributed by atoms with Gasteiger partial charge in [-0.2, -0.15) is 0 Å². The van der Waals surface area contributed by atoms with E-state index in [-0.39, 0.29) is 0 Å². The number of hydrogen-bond donors (Lipinski definition) is 1. The summed E-state index contributed by atoms with van der Waals surface area (Å²) in [5, 5.41) is 3.85. The molecule has 1 saturated carbocycles. The van der Waals surface area contributed by atoms with E-state index in [0.29, 0.717) is 12.1 Å². The summed E-state index contributed by atoms with van der Waals surface area (Å²) in [7, 11) is 0. The van der Waals surface area contributed by atoms with E-state index < -0.39 is 0 Å². The van der Waals surface area contributed by atoms with Crippen molar-refractivity contribution in [3.8, 4) is 0 Å². The average molecular weight is 338 g/mol. The predicted octanol–water partition coefficient (Wildman–Crippen LogP) is 5.70. The molecule has 2 rings (SSSR count). The zero-order valence-electron chi connectivity index (χ0n) is 13.0. The summed E-state index contributed by atoms with van der Waals surface area (Å²) in [4.78, 5) is 0. The molecule has 2 unspecified atom stereocenters. The van der Waals surface area contributed by atoms with E-state index in [1.807, 2.05) is 0 Å². The predicted molar refractivity (Wildman–Crippen MR) is 90.9 cm³/mol. The maximum absolute atomic E-state index is 3.85. The van der Waals surface area contributed by atoms with Crippen molar-refractivity contribution in [1.82, 2.24) is 5.32 Å². The Morgan fingerprint density at radius 3 is 2.65 bits per heavy atom. The number of rotatable bonds is 5. The average Bonchev–Trinajstić information content (AvgIpc) is 2.38. The smallest absolute Gasteiger partial charge is 0.0305 e. The fraction of sp³-hybridized carbons (Fsp3) is 0.667. The van der Waals surface area contributed by atoms with Gasteiger partial charge in [-0.05, 0) is 49.7 Å². The van der Waals surface area contributed by atoms with Gasteiger partial charge in [-0.15, -0.1) is 0 Å². The molecule has 1 nitrogen and oxygen atoms in total. The Kier molecular flexibility index (Phi) is 6.10. The summed E-state index contributed by atoms with van der Waals surface area (Å²) in [6.45, 7) is 6.98. The van der Waals surface area contributed by atoms with E-state index in [1.54, 1.807) is 0 Å². The molecule has 1 aromatic carbocycles. The Balaban J connectivity index is 1.91. The third-order valence-electron chi connectivity index (χ3n) is 4.44. The maximum Gasteiger partial charge on any atom is 0.0305 e. The van der Waals surface area contributed by atoms with Crippen molar-refractivity contribution in [3.05, 3.63) is 34.3 Å². The molecular formula is C18H28BrN.